The number of hydrogen-bond acceptors (Lipinski definition) is 26. The first kappa shape index (κ1) is 78.8. The number of carbonyl (C=O) groups is 8. The van der Waals surface area contributed by atoms with Crippen molar-refractivity contribution in [1.29, 1.82) is 0 Å². The van der Waals surface area contributed by atoms with Crippen LogP contribution in [0.2, 0.25) is 0 Å². The maximum Gasteiger partial charge on any atom is 0.410 e. The number of thiazole rings is 1. The zero-order chi connectivity index (χ0) is 77.9. The lowest BCUT2D eigenvalue weighted by atomic mass is 9.39. The number of carbonyl (C=O) groups excluding carboxylic acids is 6. The van der Waals surface area contributed by atoms with Crippen LogP contribution in [0.25, 0.3) is 21.3 Å². The van der Waals surface area contributed by atoms with Crippen LogP contribution in [0.4, 0.5) is 15.7 Å². The fraction of sp³-hybridized carbons (Fsp3) is 0.493. The Morgan fingerprint density at radius 3 is 2.27 bits per heavy atom. The molecule has 6 aromatic rings. The van der Waals surface area contributed by atoms with Gasteiger partial charge in [0, 0.05) is 98.1 Å². The molecule has 0 radical (unpaired) electrons. The summed E-state index contributed by atoms with van der Waals surface area (Å²) in [5.74, 6) is -7.17. The van der Waals surface area contributed by atoms with Crippen LogP contribution in [-0.4, -0.2) is 244 Å². The number of anilines is 2. The maximum absolute atomic E-state index is 14.2. The van der Waals surface area contributed by atoms with E-state index in [1.54, 1.807) is 37.6 Å². The summed E-state index contributed by atoms with van der Waals surface area (Å²) in [6.07, 6.45) is -1.33. The molecule has 6 amide bonds. The highest BCUT2D eigenvalue weighted by Crippen LogP contribution is 2.72. The Balaban J connectivity index is 0.687. The molecule has 36 heteroatoms. The van der Waals surface area contributed by atoms with E-state index < -0.39 is 113 Å². The number of carboxylic acid groups (broad SMARTS) is 2. The zero-order valence-corrected chi connectivity index (χ0v) is 62.0. The lowest BCUT2D eigenvalue weighted by Gasteiger charge is -2.69. The molecule has 7 aliphatic rings. The summed E-state index contributed by atoms with van der Waals surface area (Å²) in [6.45, 7) is 6.16. The SMILES string of the molecule is COCCN(CCOC12CC3(C)CC(C)(CC(Cn4ncc(-c5ccc(N6CCc7c(OC)ccc(C(=O)Nc8nc9ccccc9s8)c7C6)nc5C(=O)O)c4C)(C3)C1)C2)C(=O)OCc1ccc(O[C@@H]2O[C@H](C(=O)O)[C@@H](O)[C@H](O)[C@H]2O)cc1OCCOCCNC(=O)[C@H](CS(=O)(=O)O)NC(=O)CN1C(=O)C=CC1=O. The Morgan fingerprint density at radius 1 is 0.817 bits per heavy atom. The smallest absolute Gasteiger partial charge is 0.410 e. The van der Waals surface area contributed by atoms with E-state index in [-0.39, 0.29) is 104 Å². The van der Waals surface area contributed by atoms with E-state index in [4.69, 9.17) is 48.0 Å². The predicted octanol–water partition coefficient (Wildman–Crippen LogP) is 3.89. The Morgan fingerprint density at radius 2 is 1.56 bits per heavy atom. The van der Waals surface area contributed by atoms with Crippen LogP contribution in [0.3, 0.4) is 0 Å². The number of para-hydroxylation sites is 1. The summed E-state index contributed by atoms with van der Waals surface area (Å²) in [7, 11) is -1.76. The largest absolute Gasteiger partial charge is 0.496 e. The fourth-order valence-electron chi connectivity index (χ4n) is 17.0. The van der Waals surface area contributed by atoms with Crippen molar-refractivity contribution in [2.24, 2.45) is 16.2 Å². The van der Waals surface area contributed by atoms with Gasteiger partial charge in [0.25, 0.3) is 27.8 Å². The van der Waals surface area contributed by atoms with Crippen molar-refractivity contribution in [3.05, 3.63) is 119 Å². The molecule has 5 fully saturated rings. The number of benzene rings is 3. The highest BCUT2D eigenvalue weighted by Gasteiger charge is 2.66. The topological polar surface area (TPSA) is 455 Å². The van der Waals surface area contributed by atoms with Crippen molar-refractivity contribution >= 4 is 90.2 Å². The first-order valence-electron chi connectivity index (χ1n) is 35.3. The molecule has 6 heterocycles. The van der Waals surface area contributed by atoms with Gasteiger partial charge in [0.15, 0.2) is 16.9 Å². The number of aliphatic hydroxyl groups excluding tert-OH is 3. The fourth-order valence-corrected chi connectivity index (χ4v) is 18.5. The molecule has 13 rings (SSSR count). The maximum atomic E-state index is 14.2. The molecular formula is C73H86N10O24S2. The van der Waals surface area contributed by atoms with Crippen LogP contribution in [-0.2, 0) is 83.9 Å². The Labute approximate surface area is 629 Å². The quantitative estimate of drug-likeness (QED) is 0.0160. The predicted molar refractivity (Wildman–Crippen MR) is 386 cm³/mol. The molecule has 4 bridgehead atoms. The number of aliphatic hydroxyl groups is 3. The van der Waals surface area contributed by atoms with E-state index in [1.807, 2.05) is 40.8 Å². The third kappa shape index (κ3) is 17.9. The molecular weight excluding hydrogens is 1460 g/mol. The molecule has 34 nitrogen and oxygen atoms in total. The highest BCUT2D eigenvalue weighted by molar-refractivity contribution is 7.85. The summed E-state index contributed by atoms with van der Waals surface area (Å²) in [5, 5.41) is 64.9. The third-order valence-corrected chi connectivity index (χ3v) is 22.3. The summed E-state index contributed by atoms with van der Waals surface area (Å²) in [5.41, 5.74) is 3.67. The van der Waals surface area contributed by atoms with Gasteiger partial charge < -0.3 is 83.9 Å². The molecule has 8 atom stereocenters. The number of aromatic nitrogens is 4. The summed E-state index contributed by atoms with van der Waals surface area (Å²) < 4.78 is 82.9. The number of ether oxygens (including phenoxy) is 8. The van der Waals surface area contributed by atoms with Crippen molar-refractivity contribution in [3.8, 4) is 28.4 Å². The van der Waals surface area contributed by atoms with Crippen molar-refractivity contribution < 1.29 is 115 Å². The van der Waals surface area contributed by atoms with Crippen molar-refractivity contribution in [1.82, 2.24) is 40.2 Å². The van der Waals surface area contributed by atoms with E-state index in [1.165, 1.54) is 41.5 Å². The van der Waals surface area contributed by atoms with Gasteiger partial charge in [0.2, 0.25) is 18.1 Å². The van der Waals surface area contributed by atoms with Gasteiger partial charge in [-0.3, -0.25) is 43.4 Å². The van der Waals surface area contributed by atoms with Gasteiger partial charge in [0.1, 0.15) is 72.9 Å². The number of aromatic carboxylic acids is 1. The molecule has 4 saturated carbocycles. The number of aliphatic carboxylic acids is 1. The minimum absolute atomic E-state index is 0.0195. The first-order valence-corrected chi connectivity index (χ1v) is 37.7. The first-order chi connectivity index (χ1) is 51.9. The van der Waals surface area contributed by atoms with Gasteiger partial charge in [-0.05, 0) is 122 Å². The Bertz CT molecular complexity index is 4580. The van der Waals surface area contributed by atoms with E-state index in [0.29, 0.717) is 64.2 Å². The number of nitrogens with one attached hydrogen (secondary N) is 3. The second kappa shape index (κ2) is 32.4. The number of carboxylic acids is 2. The Hall–Kier alpha value is -9.76. The lowest BCUT2D eigenvalue weighted by molar-refractivity contribution is -0.271. The van der Waals surface area contributed by atoms with Crippen LogP contribution in [0, 0.1) is 23.2 Å². The standard InChI is InChI=1S/C73H86N10O24S2/c1-41-47(45-13-15-54(78-58(45)65(92)93)81-20-18-44-48(30-81)46(12-14-51(44)101-5)63(90)79-68-77-49-8-6-7-9-53(49)108-68)29-75-83(41)40-72-35-70(2)34-71(3,36-72)38-73(37-70,39-72)105-25-22-80(21-24-100-4)69(96)104-32-42-10-11-43(106-67-61(89)59(87)60(88)62(107-67)66(94)95)28-52(42)103-27-26-102-23-19-74-64(91)50(33-109(97,98)99)76-55(84)31-82-56(85)16-17-57(82)86/h6-17,28-29,50,59-62,67,87-89H,18-27,30-40H2,1-5H3,(H,74,91)(H,76,84)(H,92,93)(H,94,95)(H,77,79,90)(H,97,98,99)/t50-,59-,60-,61+,62-,67+,70?,71?,72?,73?/m0/s1. The third-order valence-electron chi connectivity index (χ3n) is 20.6. The van der Waals surface area contributed by atoms with E-state index in [0.717, 1.165) is 71.3 Å². The van der Waals surface area contributed by atoms with Crippen LogP contribution >= 0.6 is 11.3 Å². The normalized spacial score (nSPS) is 24.4. The monoisotopic (exact) mass is 1550 g/mol. The van der Waals surface area contributed by atoms with Crippen LogP contribution in [0.5, 0.6) is 17.2 Å². The molecule has 109 heavy (non-hydrogen) atoms. The van der Waals surface area contributed by atoms with Gasteiger partial charge in [0.05, 0.1) is 55.6 Å². The van der Waals surface area contributed by atoms with Gasteiger partial charge in [-0.2, -0.15) is 13.5 Å². The molecule has 9 N–H and O–H groups in total. The van der Waals surface area contributed by atoms with Crippen molar-refractivity contribution in [3.63, 3.8) is 0 Å². The molecule has 3 aromatic heterocycles. The lowest BCUT2D eigenvalue weighted by Crippen LogP contribution is -2.64. The number of imide groups is 1. The number of rotatable bonds is 33. The van der Waals surface area contributed by atoms with Crippen LogP contribution in [0.15, 0.2) is 85.1 Å². The number of amides is 6. The molecule has 1 saturated heterocycles. The van der Waals surface area contributed by atoms with Gasteiger partial charge in [-0.1, -0.05) is 37.3 Å². The second-order valence-electron chi connectivity index (χ2n) is 29.1. The average molecular weight is 1550 g/mol. The van der Waals surface area contributed by atoms with E-state index in [2.05, 4.69) is 34.8 Å². The highest BCUT2D eigenvalue weighted by atomic mass is 32.2. The molecule has 2 unspecified atom stereocenters. The van der Waals surface area contributed by atoms with Gasteiger partial charge in [-0.25, -0.2) is 24.4 Å². The summed E-state index contributed by atoms with van der Waals surface area (Å²) >= 11 is 1.38. The second-order valence-corrected chi connectivity index (χ2v) is 31.7. The number of pyridine rings is 1. The number of hydrogen-bond donors (Lipinski definition) is 9. The number of fused-ring (bicyclic) bond motifs is 2. The van der Waals surface area contributed by atoms with Crippen molar-refractivity contribution in [2.45, 2.75) is 128 Å². The van der Waals surface area contributed by atoms with Crippen LogP contribution < -0.4 is 35.1 Å². The van der Waals surface area contributed by atoms with Crippen molar-refractivity contribution in [2.75, 3.05) is 95.9 Å². The minimum Gasteiger partial charge on any atom is -0.496 e. The molecule has 4 aliphatic carbocycles. The average Bonchev–Trinajstić information content (AvgIpc) is 0.910. The molecule has 3 aromatic carbocycles. The van der Waals surface area contributed by atoms with Gasteiger partial charge in [-0.15, -0.1) is 0 Å². The number of nitrogens with zero attached hydrogens (tertiary/aromatic N) is 7. The Kier molecular flexibility index (Phi) is 23.4. The molecule has 0 spiro atoms. The van der Waals surface area contributed by atoms with Crippen LogP contribution in [0.1, 0.15) is 95.6 Å². The summed E-state index contributed by atoms with van der Waals surface area (Å²) in [4.78, 5) is 116. The number of methoxy groups -OCH3 is 2. The minimum atomic E-state index is -4.84. The summed E-state index contributed by atoms with van der Waals surface area (Å²) in [6, 6.07) is 17.0. The van der Waals surface area contributed by atoms with E-state index >= 15 is 0 Å². The van der Waals surface area contributed by atoms with E-state index in [9.17, 15) is 76.9 Å². The van der Waals surface area contributed by atoms with Gasteiger partial charge >= 0.3 is 18.0 Å². The molecule has 3 aliphatic heterocycles. The zero-order valence-electron chi connectivity index (χ0n) is 60.4. The molecule has 584 valence electrons.